The van der Waals surface area contributed by atoms with E-state index in [9.17, 15) is 4.79 Å². The highest BCUT2D eigenvalue weighted by atomic mass is 16.2. The molecule has 2 aliphatic heterocycles. The number of hydrogen-bond acceptors (Lipinski definition) is 2. The van der Waals surface area contributed by atoms with Crippen LogP contribution in [0.2, 0.25) is 0 Å². The highest BCUT2D eigenvalue weighted by molar-refractivity contribution is 5.89. The van der Waals surface area contributed by atoms with Crippen LogP contribution in [0, 0.1) is 6.92 Å². The Morgan fingerprint density at radius 1 is 1.00 bits per heavy atom. The average Bonchev–Trinajstić information content (AvgIpc) is 3.26. The molecule has 30 heavy (non-hydrogen) atoms. The molecule has 5 heteroatoms. The van der Waals surface area contributed by atoms with Gasteiger partial charge in [0.2, 0.25) is 0 Å². The molecule has 1 saturated heterocycles. The monoisotopic (exact) mass is 400 g/mol. The van der Waals surface area contributed by atoms with Crippen LogP contribution >= 0.6 is 0 Å². The summed E-state index contributed by atoms with van der Waals surface area (Å²) < 4.78 is 2.35. The van der Waals surface area contributed by atoms with Crippen molar-refractivity contribution in [2.24, 2.45) is 0 Å². The van der Waals surface area contributed by atoms with Gasteiger partial charge in [0.1, 0.15) is 0 Å². The van der Waals surface area contributed by atoms with Crippen LogP contribution in [0.5, 0.6) is 0 Å². The summed E-state index contributed by atoms with van der Waals surface area (Å²) in [6, 6.07) is 20.8. The van der Waals surface area contributed by atoms with Crippen molar-refractivity contribution in [1.82, 2.24) is 9.47 Å². The minimum absolute atomic E-state index is 0.0125. The molecule has 1 N–H and O–H groups in total. The van der Waals surface area contributed by atoms with Crippen LogP contribution in [0.4, 0.5) is 16.2 Å². The van der Waals surface area contributed by atoms with Crippen molar-refractivity contribution in [1.29, 1.82) is 0 Å². The van der Waals surface area contributed by atoms with Crippen molar-refractivity contribution in [3.05, 3.63) is 78.1 Å². The fourth-order valence-corrected chi connectivity index (χ4v) is 5.20. The molecule has 3 heterocycles. The average molecular weight is 401 g/mol. The smallest absolute Gasteiger partial charge is 0.321 e. The third-order valence-corrected chi connectivity index (χ3v) is 6.64. The number of rotatable bonds is 2. The number of likely N-dealkylation sites (tertiary alicyclic amines) is 1. The summed E-state index contributed by atoms with van der Waals surface area (Å²) in [6.07, 6.45) is 4.01. The van der Waals surface area contributed by atoms with Crippen LogP contribution in [-0.4, -0.2) is 35.1 Å². The first-order valence-corrected chi connectivity index (χ1v) is 10.8. The number of aromatic nitrogens is 1. The number of amides is 2. The number of carbonyl (C=O) groups excluding carboxylic acids is 1. The molecule has 0 aliphatic carbocycles. The SMILES string of the molecule is CCN1c2cc(C)ccc2-n2cccc2C12CCN(C(=O)Nc1ccccc1)CC2. The minimum Gasteiger partial charge on any atom is -0.359 e. The number of carbonyl (C=O) groups is 1. The fourth-order valence-electron chi connectivity index (χ4n) is 5.20. The summed E-state index contributed by atoms with van der Waals surface area (Å²) in [5.41, 5.74) is 5.92. The molecule has 2 amide bonds. The Kier molecular flexibility index (Phi) is 4.54. The normalized spacial score (nSPS) is 16.9. The van der Waals surface area contributed by atoms with E-state index in [4.69, 9.17) is 0 Å². The zero-order chi connectivity index (χ0) is 20.7. The van der Waals surface area contributed by atoms with Gasteiger partial charge in [-0.15, -0.1) is 0 Å². The quantitative estimate of drug-likeness (QED) is 0.646. The maximum atomic E-state index is 12.8. The molecule has 2 aliphatic rings. The molecular weight excluding hydrogens is 372 g/mol. The van der Waals surface area contributed by atoms with Gasteiger partial charge in [-0.2, -0.15) is 0 Å². The number of nitrogens with zero attached hydrogens (tertiary/aromatic N) is 3. The van der Waals surface area contributed by atoms with Gasteiger partial charge in [-0.1, -0.05) is 24.3 Å². The number of piperidine rings is 1. The summed E-state index contributed by atoms with van der Waals surface area (Å²) >= 11 is 0. The zero-order valence-electron chi connectivity index (χ0n) is 17.6. The van der Waals surface area contributed by atoms with E-state index in [2.05, 4.69) is 65.2 Å². The van der Waals surface area contributed by atoms with Crippen LogP contribution < -0.4 is 10.2 Å². The topological polar surface area (TPSA) is 40.5 Å². The molecule has 1 fully saturated rings. The van der Waals surface area contributed by atoms with Crippen molar-refractivity contribution in [2.45, 2.75) is 32.2 Å². The van der Waals surface area contributed by atoms with E-state index >= 15 is 0 Å². The number of benzene rings is 2. The zero-order valence-corrected chi connectivity index (χ0v) is 17.6. The van der Waals surface area contributed by atoms with E-state index < -0.39 is 0 Å². The van der Waals surface area contributed by atoms with E-state index in [0.29, 0.717) is 0 Å². The van der Waals surface area contributed by atoms with E-state index in [1.807, 2.05) is 35.2 Å². The predicted molar refractivity (Wildman–Crippen MR) is 121 cm³/mol. The molecule has 154 valence electrons. The summed E-state index contributed by atoms with van der Waals surface area (Å²) in [5, 5.41) is 3.03. The van der Waals surface area contributed by atoms with Crippen molar-refractivity contribution >= 4 is 17.4 Å². The predicted octanol–water partition coefficient (Wildman–Crippen LogP) is 5.15. The lowest BCUT2D eigenvalue weighted by Gasteiger charge is -2.53. The van der Waals surface area contributed by atoms with Crippen molar-refractivity contribution < 1.29 is 4.79 Å². The second kappa shape index (κ2) is 7.24. The molecule has 2 aromatic carbocycles. The molecule has 0 radical (unpaired) electrons. The first-order valence-electron chi connectivity index (χ1n) is 10.8. The summed E-state index contributed by atoms with van der Waals surface area (Å²) in [4.78, 5) is 17.3. The molecule has 3 aromatic rings. The van der Waals surface area contributed by atoms with Crippen molar-refractivity contribution in [3.63, 3.8) is 0 Å². The summed E-state index contributed by atoms with van der Waals surface area (Å²) in [7, 11) is 0. The maximum Gasteiger partial charge on any atom is 0.321 e. The van der Waals surface area contributed by atoms with Gasteiger partial charge in [0.05, 0.1) is 16.9 Å². The summed E-state index contributed by atoms with van der Waals surface area (Å²) in [6.45, 7) is 6.81. The van der Waals surface area contributed by atoms with Gasteiger partial charge in [-0.05, 0) is 68.7 Å². The molecule has 1 spiro atoms. The van der Waals surface area contributed by atoms with Gasteiger partial charge in [0.15, 0.2) is 0 Å². The Morgan fingerprint density at radius 3 is 2.50 bits per heavy atom. The molecule has 1 aromatic heterocycles. The lowest BCUT2D eigenvalue weighted by atomic mass is 9.80. The van der Waals surface area contributed by atoms with Crippen LogP contribution in [0.3, 0.4) is 0 Å². The first-order chi connectivity index (χ1) is 14.6. The molecule has 0 saturated carbocycles. The number of anilines is 2. The Balaban J connectivity index is 1.43. The molecule has 0 atom stereocenters. The first kappa shape index (κ1) is 18.8. The van der Waals surface area contributed by atoms with Gasteiger partial charge in [-0.25, -0.2) is 4.79 Å². The third kappa shape index (κ3) is 2.88. The summed E-state index contributed by atoms with van der Waals surface area (Å²) in [5.74, 6) is 0. The second-order valence-corrected chi connectivity index (χ2v) is 8.31. The van der Waals surface area contributed by atoms with Gasteiger partial charge < -0.3 is 19.7 Å². The van der Waals surface area contributed by atoms with Gasteiger partial charge in [0.25, 0.3) is 0 Å². The van der Waals surface area contributed by atoms with Crippen LogP contribution in [0.15, 0.2) is 66.9 Å². The highest BCUT2D eigenvalue weighted by Crippen LogP contribution is 2.48. The van der Waals surface area contributed by atoms with Crippen molar-refractivity contribution in [3.8, 4) is 5.69 Å². The Bertz CT molecular complexity index is 1060. The van der Waals surface area contributed by atoms with E-state index in [1.165, 1.54) is 22.6 Å². The lowest BCUT2D eigenvalue weighted by molar-refractivity contribution is 0.161. The Morgan fingerprint density at radius 2 is 1.77 bits per heavy atom. The third-order valence-electron chi connectivity index (χ3n) is 6.64. The van der Waals surface area contributed by atoms with Crippen LogP contribution in [0.25, 0.3) is 5.69 Å². The number of nitrogens with one attached hydrogen (secondary N) is 1. The lowest BCUT2D eigenvalue weighted by Crippen LogP contribution is -2.57. The number of fused-ring (bicyclic) bond motifs is 4. The number of hydrogen-bond donors (Lipinski definition) is 1. The number of para-hydroxylation sites is 1. The molecule has 0 bridgehead atoms. The van der Waals surface area contributed by atoms with E-state index in [-0.39, 0.29) is 11.6 Å². The highest BCUT2D eigenvalue weighted by Gasteiger charge is 2.46. The van der Waals surface area contributed by atoms with Gasteiger partial charge in [-0.3, -0.25) is 0 Å². The minimum atomic E-state index is -0.0808. The second-order valence-electron chi connectivity index (χ2n) is 8.31. The Hall–Kier alpha value is -3.21. The van der Waals surface area contributed by atoms with Gasteiger partial charge in [0, 0.05) is 37.2 Å². The van der Waals surface area contributed by atoms with Crippen LogP contribution in [-0.2, 0) is 5.54 Å². The standard InChI is InChI=1S/C25H28N4O/c1-3-29-22-18-19(2)11-12-21(22)28-15-7-10-23(28)25(29)13-16-27(17-14-25)24(30)26-20-8-5-4-6-9-20/h4-12,15,18H,3,13-14,16-17H2,1-2H3,(H,26,30). The van der Waals surface area contributed by atoms with E-state index in [0.717, 1.165) is 38.2 Å². The maximum absolute atomic E-state index is 12.8. The number of urea groups is 1. The van der Waals surface area contributed by atoms with E-state index in [1.54, 1.807) is 0 Å². The molecule has 5 nitrogen and oxygen atoms in total. The fraction of sp³-hybridized carbons (Fsp3) is 0.320. The largest absolute Gasteiger partial charge is 0.359 e. The molecule has 0 unspecified atom stereocenters. The van der Waals surface area contributed by atoms with Gasteiger partial charge >= 0.3 is 6.03 Å². The Labute approximate surface area is 177 Å². The molecule has 5 rings (SSSR count). The van der Waals surface area contributed by atoms with Crippen molar-refractivity contribution in [2.75, 3.05) is 29.9 Å². The molecular formula is C25H28N4O. The number of aryl methyl sites for hydroxylation is 1. The van der Waals surface area contributed by atoms with Crippen LogP contribution in [0.1, 0.15) is 31.0 Å².